The summed E-state index contributed by atoms with van der Waals surface area (Å²) in [5.41, 5.74) is -0.0978. The third kappa shape index (κ3) is 2.88. The Hall–Kier alpha value is -0.220. The first-order valence-corrected chi connectivity index (χ1v) is 6.67. The SMILES string of the molecule is CCN(CC)C1(CC(=O)O)CSC(C)C1. The lowest BCUT2D eigenvalue weighted by atomic mass is 9.90. The van der Waals surface area contributed by atoms with Crippen molar-refractivity contribution in [3.8, 4) is 0 Å². The lowest BCUT2D eigenvalue weighted by Gasteiger charge is -2.39. The largest absolute Gasteiger partial charge is 0.481 e. The Morgan fingerprint density at radius 1 is 1.53 bits per heavy atom. The van der Waals surface area contributed by atoms with Crippen LogP contribution in [0.2, 0.25) is 0 Å². The summed E-state index contributed by atoms with van der Waals surface area (Å²) in [7, 11) is 0. The first-order valence-electron chi connectivity index (χ1n) is 5.62. The van der Waals surface area contributed by atoms with Gasteiger partial charge in [-0.05, 0) is 19.5 Å². The van der Waals surface area contributed by atoms with E-state index in [9.17, 15) is 4.79 Å². The predicted molar refractivity (Wildman–Crippen MR) is 64.4 cm³/mol. The van der Waals surface area contributed by atoms with Crippen molar-refractivity contribution in [2.75, 3.05) is 18.8 Å². The van der Waals surface area contributed by atoms with Crippen LogP contribution in [0, 0.1) is 0 Å². The molecule has 0 spiro atoms. The molecule has 1 saturated heterocycles. The van der Waals surface area contributed by atoms with E-state index in [1.807, 2.05) is 11.8 Å². The Labute approximate surface area is 96.2 Å². The zero-order valence-electron chi connectivity index (χ0n) is 9.82. The number of carbonyl (C=O) groups is 1. The standard InChI is InChI=1S/C11H21NO2S/c1-4-12(5-2)11(7-10(13)14)6-9(3)15-8-11/h9H,4-8H2,1-3H3,(H,13,14). The molecule has 1 aliphatic rings. The monoisotopic (exact) mass is 231 g/mol. The predicted octanol–water partition coefficient (Wildman–Crippen LogP) is 2.07. The highest BCUT2D eigenvalue weighted by atomic mass is 32.2. The zero-order valence-corrected chi connectivity index (χ0v) is 10.6. The summed E-state index contributed by atoms with van der Waals surface area (Å²) < 4.78 is 0. The van der Waals surface area contributed by atoms with Crippen molar-refractivity contribution >= 4 is 17.7 Å². The second kappa shape index (κ2) is 5.21. The number of aliphatic carboxylic acids is 1. The van der Waals surface area contributed by atoms with Crippen molar-refractivity contribution in [1.82, 2.24) is 4.90 Å². The molecule has 0 aromatic heterocycles. The van der Waals surface area contributed by atoms with Gasteiger partial charge in [0.25, 0.3) is 0 Å². The molecular formula is C11H21NO2S. The molecule has 0 saturated carbocycles. The molecule has 0 aliphatic carbocycles. The molecule has 0 amide bonds. The van der Waals surface area contributed by atoms with Crippen LogP contribution in [-0.2, 0) is 4.79 Å². The van der Waals surface area contributed by atoms with Crippen molar-refractivity contribution in [3.05, 3.63) is 0 Å². The summed E-state index contributed by atoms with van der Waals surface area (Å²) in [6.45, 7) is 8.30. The van der Waals surface area contributed by atoms with Crippen molar-refractivity contribution in [2.45, 2.75) is 44.4 Å². The minimum Gasteiger partial charge on any atom is -0.481 e. The molecule has 1 fully saturated rings. The summed E-state index contributed by atoms with van der Waals surface area (Å²) in [6, 6.07) is 0. The van der Waals surface area contributed by atoms with E-state index >= 15 is 0 Å². The summed E-state index contributed by atoms with van der Waals surface area (Å²) in [5.74, 6) is 0.291. The molecule has 2 atom stereocenters. The molecule has 4 heteroatoms. The second-order valence-electron chi connectivity index (χ2n) is 4.29. The maximum atomic E-state index is 11.0. The van der Waals surface area contributed by atoms with Crippen LogP contribution in [0.15, 0.2) is 0 Å². The first-order chi connectivity index (χ1) is 7.04. The van der Waals surface area contributed by atoms with Gasteiger partial charge in [-0.15, -0.1) is 0 Å². The molecule has 1 aliphatic heterocycles. The Bertz CT molecular complexity index is 231. The minimum atomic E-state index is -0.670. The molecule has 0 radical (unpaired) electrons. The topological polar surface area (TPSA) is 40.5 Å². The van der Waals surface area contributed by atoms with E-state index in [1.54, 1.807) is 0 Å². The van der Waals surface area contributed by atoms with Gasteiger partial charge in [-0.3, -0.25) is 9.69 Å². The van der Waals surface area contributed by atoms with Crippen LogP contribution in [0.1, 0.15) is 33.6 Å². The molecular weight excluding hydrogens is 210 g/mol. The van der Waals surface area contributed by atoms with Gasteiger partial charge in [0.1, 0.15) is 0 Å². The molecule has 2 unspecified atom stereocenters. The fourth-order valence-electron chi connectivity index (χ4n) is 2.58. The fraction of sp³-hybridized carbons (Fsp3) is 0.909. The molecule has 0 aromatic rings. The number of carboxylic acids is 1. The molecule has 15 heavy (non-hydrogen) atoms. The van der Waals surface area contributed by atoms with Gasteiger partial charge in [0, 0.05) is 16.5 Å². The Morgan fingerprint density at radius 2 is 2.13 bits per heavy atom. The van der Waals surface area contributed by atoms with Crippen molar-refractivity contribution in [3.63, 3.8) is 0 Å². The number of hydrogen-bond donors (Lipinski definition) is 1. The smallest absolute Gasteiger partial charge is 0.305 e. The number of thioether (sulfide) groups is 1. The number of nitrogens with zero attached hydrogens (tertiary/aromatic N) is 1. The van der Waals surface area contributed by atoms with E-state index in [-0.39, 0.29) is 12.0 Å². The van der Waals surface area contributed by atoms with Crippen LogP contribution in [-0.4, -0.2) is 45.6 Å². The van der Waals surface area contributed by atoms with Crippen LogP contribution in [0.5, 0.6) is 0 Å². The van der Waals surface area contributed by atoms with E-state index in [2.05, 4.69) is 25.7 Å². The quantitative estimate of drug-likeness (QED) is 0.786. The number of rotatable bonds is 5. The summed E-state index contributed by atoms with van der Waals surface area (Å²) >= 11 is 1.90. The maximum Gasteiger partial charge on any atom is 0.305 e. The Balaban J connectivity index is 2.80. The van der Waals surface area contributed by atoms with E-state index in [0.717, 1.165) is 25.3 Å². The molecule has 1 heterocycles. The molecule has 1 rings (SSSR count). The average molecular weight is 231 g/mol. The lowest BCUT2D eigenvalue weighted by Crippen LogP contribution is -2.50. The van der Waals surface area contributed by atoms with Crippen LogP contribution in [0.3, 0.4) is 0 Å². The highest BCUT2D eigenvalue weighted by Crippen LogP contribution is 2.40. The lowest BCUT2D eigenvalue weighted by molar-refractivity contribution is -0.140. The molecule has 0 bridgehead atoms. The summed E-state index contributed by atoms with van der Waals surface area (Å²) in [4.78, 5) is 13.3. The van der Waals surface area contributed by atoms with Gasteiger partial charge in [-0.25, -0.2) is 0 Å². The fourth-order valence-corrected chi connectivity index (χ4v) is 4.01. The second-order valence-corrected chi connectivity index (χ2v) is 5.72. The third-order valence-electron chi connectivity index (χ3n) is 3.22. The highest BCUT2D eigenvalue weighted by Gasteiger charge is 2.43. The van der Waals surface area contributed by atoms with Crippen LogP contribution < -0.4 is 0 Å². The van der Waals surface area contributed by atoms with Gasteiger partial charge in [0.15, 0.2) is 0 Å². The van der Waals surface area contributed by atoms with Crippen LogP contribution >= 0.6 is 11.8 Å². The molecule has 3 nitrogen and oxygen atoms in total. The van der Waals surface area contributed by atoms with Gasteiger partial charge in [0.2, 0.25) is 0 Å². The van der Waals surface area contributed by atoms with Crippen LogP contribution in [0.25, 0.3) is 0 Å². The maximum absolute atomic E-state index is 11.0. The molecule has 1 N–H and O–H groups in total. The summed E-state index contributed by atoms with van der Waals surface area (Å²) in [6.07, 6.45) is 1.29. The minimum absolute atomic E-state index is 0.0978. The highest BCUT2D eigenvalue weighted by molar-refractivity contribution is 8.00. The summed E-state index contributed by atoms with van der Waals surface area (Å²) in [5, 5.41) is 9.62. The number of hydrogen-bond acceptors (Lipinski definition) is 3. The molecule has 0 aromatic carbocycles. The molecule has 88 valence electrons. The van der Waals surface area contributed by atoms with E-state index in [4.69, 9.17) is 5.11 Å². The third-order valence-corrected chi connectivity index (χ3v) is 4.66. The van der Waals surface area contributed by atoms with Crippen molar-refractivity contribution in [1.29, 1.82) is 0 Å². The average Bonchev–Trinajstić information content (AvgIpc) is 2.49. The van der Waals surface area contributed by atoms with Crippen LogP contribution in [0.4, 0.5) is 0 Å². The van der Waals surface area contributed by atoms with E-state index in [1.165, 1.54) is 0 Å². The van der Waals surface area contributed by atoms with Crippen molar-refractivity contribution < 1.29 is 9.90 Å². The van der Waals surface area contributed by atoms with Gasteiger partial charge in [0.05, 0.1) is 6.42 Å². The van der Waals surface area contributed by atoms with Crippen molar-refractivity contribution in [2.24, 2.45) is 0 Å². The number of carboxylic acid groups (broad SMARTS) is 1. The Kier molecular flexibility index (Phi) is 4.46. The van der Waals surface area contributed by atoms with Gasteiger partial charge in [-0.1, -0.05) is 20.8 Å². The van der Waals surface area contributed by atoms with E-state index in [0.29, 0.717) is 5.25 Å². The van der Waals surface area contributed by atoms with Gasteiger partial charge < -0.3 is 5.11 Å². The van der Waals surface area contributed by atoms with E-state index < -0.39 is 5.97 Å². The first kappa shape index (κ1) is 12.8. The normalized spacial score (nSPS) is 31.1. The van der Waals surface area contributed by atoms with Gasteiger partial charge in [-0.2, -0.15) is 11.8 Å². The zero-order chi connectivity index (χ0) is 11.5. The Morgan fingerprint density at radius 3 is 2.47 bits per heavy atom. The van der Waals surface area contributed by atoms with Gasteiger partial charge >= 0.3 is 5.97 Å².